The van der Waals surface area contributed by atoms with Crippen LogP contribution in [-0.2, 0) is 4.79 Å². The number of amides is 3. The minimum absolute atomic E-state index is 0.0915. The Morgan fingerprint density at radius 2 is 1.54 bits per heavy atom. The Balaban J connectivity index is 1.15. The number of H-pyrrole nitrogens is 1. The molecule has 4 aromatic rings. The highest BCUT2D eigenvalue weighted by atomic mass is 16.5. The molecule has 0 spiro atoms. The number of benzene rings is 3. The van der Waals surface area contributed by atoms with Gasteiger partial charge in [0.15, 0.2) is 0 Å². The lowest BCUT2D eigenvalue weighted by Crippen LogP contribution is -2.47. The van der Waals surface area contributed by atoms with Crippen LogP contribution in [0.5, 0.6) is 11.5 Å². The fourth-order valence-corrected chi connectivity index (χ4v) is 4.05. The summed E-state index contributed by atoms with van der Waals surface area (Å²) in [7, 11) is 2.09. The van der Waals surface area contributed by atoms with Crippen molar-refractivity contribution in [3.63, 3.8) is 0 Å². The lowest BCUT2D eigenvalue weighted by Gasteiger charge is -2.31. The van der Waals surface area contributed by atoms with E-state index in [9.17, 15) is 9.59 Å². The number of carbonyl (C=O) groups excluding carboxylic acids is 2. The van der Waals surface area contributed by atoms with E-state index in [1.54, 1.807) is 24.3 Å². The lowest BCUT2D eigenvalue weighted by atomic mass is 10.3. The molecule has 5 rings (SSSR count). The topological polar surface area (TPSA) is 115 Å². The number of fused-ring (bicyclic) bond motifs is 1. The van der Waals surface area contributed by atoms with Gasteiger partial charge >= 0.3 is 6.03 Å². The number of aromatic nitrogens is 2. The number of aromatic amines is 1. The van der Waals surface area contributed by atoms with Crippen molar-refractivity contribution >= 4 is 40.3 Å². The summed E-state index contributed by atoms with van der Waals surface area (Å²) in [6, 6.07) is 21.5. The molecule has 10 nitrogen and oxygen atoms in total. The van der Waals surface area contributed by atoms with Crippen molar-refractivity contribution in [2.45, 2.75) is 0 Å². The molecule has 3 aromatic carbocycles. The normalized spacial score (nSPS) is 14.3. The van der Waals surface area contributed by atoms with Gasteiger partial charge in [-0.25, -0.2) is 9.78 Å². The Bertz CT molecular complexity index is 1360. The molecule has 10 heteroatoms. The maximum Gasteiger partial charge on any atom is 0.323 e. The van der Waals surface area contributed by atoms with Crippen LogP contribution in [0.25, 0.3) is 11.0 Å². The molecule has 0 aliphatic carbocycles. The smallest absolute Gasteiger partial charge is 0.323 e. The Morgan fingerprint density at radius 1 is 0.865 bits per heavy atom. The SMILES string of the molecule is CN1CCN(CC(=O)Nc2nc3ccc(Oc4ccc(NC(=O)Nc5ccccc5)cc4)cc3[nH]2)CC1. The number of carbonyl (C=O) groups is 2. The van der Waals surface area contributed by atoms with Crippen LogP contribution in [0, 0.1) is 0 Å². The van der Waals surface area contributed by atoms with Crippen LogP contribution in [-0.4, -0.2) is 71.5 Å². The summed E-state index contributed by atoms with van der Waals surface area (Å²) in [5.41, 5.74) is 2.84. The van der Waals surface area contributed by atoms with Gasteiger partial charge in [0.05, 0.1) is 17.6 Å². The molecule has 1 fully saturated rings. The summed E-state index contributed by atoms with van der Waals surface area (Å²) < 4.78 is 5.97. The minimum Gasteiger partial charge on any atom is -0.457 e. The fourth-order valence-electron chi connectivity index (χ4n) is 4.05. The lowest BCUT2D eigenvalue weighted by molar-refractivity contribution is -0.117. The van der Waals surface area contributed by atoms with Crippen LogP contribution in [0.3, 0.4) is 0 Å². The average molecular weight is 500 g/mol. The molecule has 1 aliphatic rings. The third-order valence-corrected chi connectivity index (χ3v) is 6.05. The van der Waals surface area contributed by atoms with Crippen molar-refractivity contribution < 1.29 is 14.3 Å². The van der Waals surface area contributed by atoms with Crippen molar-refractivity contribution in [1.29, 1.82) is 0 Å². The summed E-state index contributed by atoms with van der Waals surface area (Å²) in [4.78, 5) is 36.6. The number of urea groups is 1. The van der Waals surface area contributed by atoms with Crippen LogP contribution < -0.4 is 20.7 Å². The van der Waals surface area contributed by atoms with Crippen molar-refractivity contribution in [3.05, 3.63) is 72.8 Å². The Kier molecular flexibility index (Phi) is 7.29. The Morgan fingerprint density at radius 3 is 2.27 bits per heavy atom. The molecule has 1 saturated heterocycles. The molecule has 0 radical (unpaired) electrons. The predicted molar refractivity (Wildman–Crippen MR) is 144 cm³/mol. The first kappa shape index (κ1) is 24.3. The number of hydrogen-bond acceptors (Lipinski definition) is 6. The summed E-state index contributed by atoms with van der Waals surface area (Å²) >= 11 is 0. The summed E-state index contributed by atoms with van der Waals surface area (Å²) in [5.74, 6) is 1.56. The number of nitrogens with one attached hydrogen (secondary N) is 4. The van der Waals surface area contributed by atoms with E-state index in [2.05, 4.69) is 42.8 Å². The number of ether oxygens (including phenoxy) is 1. The number of para-hydroxylation sites is 1. The number of piperazine rings is 1. The third kappa shape index (κ3) is 6.63. The summed E-state index contributed by atoms with van der Waals surface area (Å²) in [6.45, 7) is 4.02. The largest absolute Gasteiger partial charge is 0.457 e. The highest BCUT2D eigenvalue weighted by Crippen LogP contribution is 2.26. The zero-order chi connectivity index (χ0) is 25.6. The van der Waals surface area contributed by atoms with Gasteiger partial charge in [-0.05, 0) is 55.6 Å². The first-order valence-electron chi connectivity index (χ1n) is 12.1. The van der Waals surface area contributed by atoms with Gasteiger partial charge in [-0.3, -0.25) is 15.0 Å². The molecule has 190 valence electrons. The molecule has 2 heterocycles. The van der Waals surface area contributed by atoms with E-state index in [0.717, 1.165) is 37.2 Å². The van der Waals surface area contributed by atoms with E-state index in [1.165, 1.54) is 0 Å². The molecule has 0 unspecified atom stereocenters. The number of anilines is 3. The van der Waals surface area contributed by atoms with E-state index in [1.807, 2.05) is 48.5 Å². The van der Waals surface area contributed by atoms with Crippen LogP contribution in [0.1, 0.15) is 0 Å². The van der Waals surface area contributed by atoms with Crippen LogP contribution >= 0.6 is 0 Å². The third-order valence-electron chi connectivity index (χ3n) is 6.05. The van der Waals surface area contributed by atoms with Gasteiger partial charge in [0.25, 0.3) is 0 Å². The second-order valence-corrected chi connectivity index (χ2v) is 8.96. The molecular weight excluding hydrogens is 470 g/mol. The summed E-state index contributed by atoms with van der Waals surface area (Å²) in [6.07, 6.45) is 0. The molecule has 1 aliphatic heterocycles. The van der Waals surface area contributed by atoms with Crippen molar-refractivity contribution in [2.75, 3.05) is 55.7 Å². The average Bonchev–Trinajstić information content (AvgIpc) is 3.28. The minimum atomic E-state index is -0.323. The van der Waals surface area contributed by atoms with E-state index < -0.39 is 0 Å². The maximum atomic E-state index is 12.5. The number of hydrogen-bond donors (Lipinski definition) is 4. The molecule has 0 atom stereocenters. The van der Waals surface area contributed by atoms with Gasteiger partial charge in [0.1, 0.15) is 11.5 Å². The van der Waals surface area contributed by atoms with Gasteiger partial charge in [0, 0.05) is 43.6 Å². The molecule has 0 saturated carbocycles. The quantitative estimate of drug-likeness (QED) is 0.303. The molecular formula is C27H29N7O3. The zero-order valence-electron chi connectivity index (χ0n) is 20.5. The molecule has 0 bridgehead atoms. The van der Waals surface area contributed by atoms with E-state index in [0.29, 0.717) is 35.4 Å². The second kappa shape index (κ2) is 11.1. The van der Waals surface area contributed by atoms with E-state index >= 15 is 0 Å². The first-order valence-corrected chi connectivity index (χ1v) is 12.1. The zero-order valence-corrected chi connectivity index (χ0v) is 20.5. The fraction of sp³-hybridized carbons (Fsp3) is 0.222. The van der Waals surface area contributed by atoms with Crippen LogP contribution in [0.15, 0.2) is 72.8 Å². The van der Waals surface area contributed by atoms with Crippen molar-refractivity contribution in [3.8, 4) is 11.5 Å². The highest BCUT2D eigenvalue weighted by molar-refractivity contribution is 5.99. The van der Waals surface area contributed by atoms with Gasteiger partial charge in [-0.15, -0.1) is 0 Å². The predicted octanol–water partition coefficient (Wildman–Crippen LogP) is 4.19. The van der Waals surface area contributed by atoms with Gasteiger partial charge < -0.3 is 25.3 Å². The van der Waals surface area contributed by atoms with Gasteiger partial charge in [0.2, 0.25) is 11.9 Å². The molecule has 37 heavy (non-hydrogen) atoms. The Labute approximate surface area is 214 Å². The van der Waals surface area contributed by atoms with E-state index in [4.69, 9.17) is 4.74 Å². The Hall–Kier alpha value is -4.41. The maximum absolute atomic E-state index is 12.5. The molecule has 1 aromatic heterocycles. The van der Waals surface area contributed by atoms with Crippen molar-refractivity contribution in [2.24, 2.45) is 0 Å². The number of likely N-dealkylation sites (N-methyl/N-ethyl adjacent to an activating group) is 1. The number of rotatable bonds is 7. The highest BCUT2D eigenvalue weighted by Gasteiger charge is 2.17. The monoisotopic (exact) mass is 499 g/mol. The van der Waals surface area contributed by atoms with Gasteiger partial charge in [-0.2, -0.15) is 0 Å². The first-order chi connectivity index (χ1) is 18.0. The molecule has 4 N–H and O–H groups in total. The van der Waals surface area contributed by atoms with Crippen molar-refractivity contribution in [1.82, 2.24) is 19.8 Å². The number of imidazole rings is 1. The van der Waals surface area contributed by atoms with E-state index in [-0.39, 0.29) is 11.9 Å². The van der Waals surface area contributed by atoms with Crippen LogP contribution in [0.4, 0.5) is 22.1 Å². The van der Waals surface area contributed by atoms with Crippen LogP contribution in [0.2, 0.25) is 0 Å². The standard InChI is InChI=1S/C27H29N7O3/c1-33-13-15-34(16-14-33)18-25(35)32-26-30-23-12-11-22(17-24(23)31-26)37-21-9-7-20(8-10-21)29-27(36)28-19-5-3-2-4-6-19/h2-12,17H,13-16,18H2,1H3,(H2,28,29,36)(H2,30,31,32,35). The second-order valence-electron chi connectivity index (χ2n) is 8.96. The number of nitrogens with zero attached hydrogens (tertiary/aromatic N) is 3. The summed E-state index contributed by atoms with van der Waals surface area (Å²) in [5, 5.41) is 8.42. The molecule has 3 amide bonds. The van der Waals surface area contributed by atoms with Gasteiger partial charge in [-0.1, -0.05) is 18.2 Å².